The van der Waals surface area contributed by atoms with E-state index in [1.807, 2.05) is 24.3 Å². The van der Waals surface area contributed by atoms with Crippen molar-refractivity contribution >= 4 is 39.9 Å². The number of halogens is 1. The molecule has 2 saturated heterocycles. The number of rotatable bonds is 5. The minimum atomic E-state index is -0.589. The number of carbonyl (C=O) groups excluding carboxylic acids is 3. The predicted molar refractivity (Wildman–Crippen MR) is 102 cm³/mol. The minimum Gasteiger partial charge on any atom is -0.395 e. The maximum Gasteiger partial charge on any atom is 0.329 e. The van der Waals surface area contributed by atoms with Gasteiger partial charge in [0.1, 0.15) is 12.2 Å². The number of aliphatic hydroxyl groups excluding tert-OH is 1. The van der Waals surface area contributed by atoms with E-state index in [1.165, 1.54) is 0 Å². The van der Waals surface area contributed by atoms with E-state index in [0.29, 0.717) is 32.7 Å². The number of nitrogens with zero attached hydrogens (tertiary/aromatic N) is 3. The van der Waals surface area contributed by atoms with Crippen molar-refractivity contribution in [2.45, 2.75) is 0 Å². The first-order valence-corrected chi connectivity index (χ1v) is 9.48. The van der Waals surface area contributed by atoms with Gasteiger partial charge in [-0.15, -0.1) is 0 Å². The molecule has 2 aliphatic rings. The highest BCUT2D eigenvalue weighted by Crippen LogP contribution is 2.17. The summed E-state index contributed by atoms with van der Waals surface area (Å²) in [5.41, 5.74) is 0.917. The molecule has 8 nitrogen and oxygen atoms in total. The summed E-state index contributed by atoms with van der Waals surface area (Å²) < 4.78 is 0.862. The zero-order chi connectivity index (χ0) is 19.4. The summed E-state index contributed by atoms with van der Waals surface area (Å²) >= 11 is 3.36. The van der Waals surface area contributed by atoms with Crippen LogP contribution in [0.2, 0.25) is 0 Å². The summed E-state index contributed by atoms with van der Waals surface area (Å²) in [7, 11) is 0. The monoisotopic (exact) mass is 436 g/mol. The SMILES string of the molecule is O=C(CN1C(=O)N/C(=C\c2cccc(Br)c2)C1=O)N1CCN(CCO)CC1. The normalized spacial score (nSPS) is 19.7. The predicted octanol–water partition coefficient (Wildman–Crippen LogP) is 0.478. The van der Waals surface area contributed by atoms with Gasteiger partial charge in [-0.05, 0) is 23.8 Å². The molecular weight excluding hydrogens is 416 g/mol. The fraction of sp³-hybridized carbons (Fsp3) is 0.389. The van der Waals surface area contributed by atoms with Gasteiger partial charge in [-0.25, -0.2) is 9.69 Å². The second-order valence-corrected chi connectivity index (χ2v) is 7.30. The molecule has 0 saturated carbocycles. The molecule has 3 rings (SSSR count). The van der Waals surface area contributed by atoms with Gasteiger partial charge in [-0.3, -0.25) is 14.5 Å². The molecule has 9 heteroatoms. The second kappa shape index (κ2) is 8.64. The Bertz CT molecular complexity index is 774. The van der Waals surface area contributed by atoms with Gasteiger partial charge in [-0.1, -0.05) is 28.1 Å². The maximum absolute atomic E-state index is 12.5. The highest BCUT2D eigenvalue weighted by atomic mass is 79.9. The van der Waals surface area contributed by atoms with Crippen LogP contribution in [-0.2, 0) is 9.59 Å². The number of benzene rings is 1. The molecule has 144 valence electrons. The lowest BCUT2D eigenvalue weighted by Gasteiger charge is -2.34. The van der Waals surface area contributed by atoms with Gasteiger partial charge in [0.05, 0.1) is 6.61 Å². The van der Waals surface area contributed by atoms with Crippen LogP contribution < -0.4 is 5.32 Å². The Morgan fingerprint density at radius 2 is 1.96 bits per heavy atom. The Morgan fingerprint density at radius 3 is 2.63 bits per heavy atom. The number of urea groups is 1. The number of hydrogen-bond acceptors (Lipinski definition) is 5. The van der Waals surface area contributed by atoms with Crippen molar-refractivity contribution in [3.8, 4) is 0 Å². The molecule has 2 heterocycles. The molecule has 1 aromatic carbocycles. The first kappa shape index (κ1) is 19.5. The van der Waals surface area contributed by atoms with Crippen LogP contribution in [-0.4, -0.2) is 83.5 Å². The van der Waals surface area contributed by atoms with E-state index in [4.69, 9.17) is 5.11 Å². The maximum atomic E-state index is 12.5. The van der Waals surface area contributed by atoms with E-state index < -0.39 is 11.9 Å². The Balaban J connectivity index is 1.61. The zero-order valence-corrected chi connectivity index (χ0v) is 16.3. The zero-order valence-electron chi connectivity index (χ0n) is 14.7. The van der Waals surface area contributed by atoms with E-state index in [9.17, 15) is 14.4 Å². The van der Waals surface area contributed by atoms with Crippen LogP contribution in [0.25, 0.3) is 6.08 Å². The summed E-state index contributed by atoms with van der Waals surface area (Å²) in [6.07, 6.45) is 1.59. The number of imide groups is 1. The number of hydrogen-bond donors (Lipinski definition) is 2. The lowest BCUT2D eigenvalue weighted by atomic mass is 10.2. The van der Waals surface area contributed by atoms with Gasteiger partial charge in [0.25, 0.3) is 5.91 Å². The number of aliphatic hydroxyl groups is 1. The van der Waals surface area contributed by atoms with Crippen LogP contribution in [0.3, 0.4) is 0 Å². The molecule has 0 radical (unpaired) electrons. The molecule has 0 atom stereocenters. The number of β-amino-alcohol motifs (C(OH)–C–C–N with tert-alkyl or cyclic N) is 1. The topological polar surface area (TPSA) is 93.2 Å². The number of carbonyl (C=O) groups is 3. The fourth-order valence-electron chi connectivity index (χ4n) is 3.08. The Kier molecular flexibility index (Phi) is 6.25. The van der Waals surface area contributed by atoms with Gasteiger partial charge in [0.2, 0.25) is 5.91 Å². The van der Waals surface area contributed by atoms with Gasteiger partial charge in [0.15, 0.2) is 0 Å². The van der Waals surface area contributed by atoms with Crippen LogP contribution >= 0.6 is 15.9 Å². The first-order chi connectivity index (χ1) is 13.0. The summed E-state index contributed by atoms with van der Waals surface area (Å²) in [5, 5.41) is 11.5. The Labute approximate surface area is 165 Å². The molecule has 0 unspecified atom stereocenters. The summed E-state index contributed by atoms with van der Waals surface area (Å²) in [6.45, 7) is 2.76. The molecule has 0 aliphatic carbocycles. The van der Waals surface area contributed by atoms with Crippen molar-refractivity contribution in [1.82, 2.24) is 20.0 Å². The third-order valence-electron chi connectivity index (χ3n) is 4.56. The molecule has 0 bridgehead atoms. The third-order valence-corrected chi connectivity index (χ3v) is 5.05. The first-order valence-electron chi connectivity index (χ1n) is 8.69. The van der Waals surface area contributed by atoms with Crippen LogP contribution in [0, 0.1) is 0 Å². The number of amides is 4. The van der Waals surface area contributed by atoms with Gasteiger partial charge in [0, 0.05) is 37.2 Å². The average molecular weight is 437 g/mol. The molecule has 4 amide bonds. The molecule has 0 spiro atoms. The largest absolute Gasteiger partial charge is 0.395 e. The van der Waals surface area contributed by atoms with E-state index >= 15 is 0 Å². The number of nitrogens with one attached hydrogen (secondary N) is 1. The molecule has 2 N–H and O–H groups in total. The van der Waals surface area contributed by atoms with Crippen molar-refractivity contribution in [1.29, 1.82) is 0 Å². The van der Waals surface area contributed by atoms with Crippen molar-refractivity contribution in [2.24, 2.45) is 0 Å². The summed E-state index contributed by atoms with van der Waals surface area (Å²) in [4.78, 5) is 41.8. The third kappa shape index (κ3) is 4.74. The molecular formula is C18H21BrN4O4. The van der Waals surface area contributed by atoms with Gasteiger partial charge >= 0.3 is 6.03 Å². The van der Waals surface area contributed by atoms with E-state index in [0.717, 1.165) is 14.9 Å². The van der Waals surface area contributed by atoms with Crippen LogP contribution in [0.15, 0.2) is 34.4 Å². The minimum absolute atomic E-state index is 0.0868. The van der Waals surface area contributed by atoms with E-state index in [-0.39, 0.29) is 24.8 Å². The Hall–Kier alpha value is -2.23. The molecule has 1 aromatic rings. The molecule has 2 aliphatic heterocycles. The number of piperazine rings is 1. The summed E-state index contributed by atoms with van der Waals surface area (Å²) in [5.74, 6) is -0.766. The lowest BCUT2D eigenvalue weighted by Crippen LogP contribution is -2.52. The molecule has 2 fully saturated rings. The van der Waals surface area contributed by atoms with E-state index in [2.05, 4.69) is 26.1 Å². The highest BCUT2D eigenvalue weighted by Gasteiger charge is 2.36. The van der Waals surface area contributed by atoms with Crippen molar-refractivity contribution in [3.63, 3.8) is 0 Å². The average Bonchev–Trinajstić information content (AvgIpc) is 2.90. The van der Waals surface area contributed by atoms with E-state index in [1.54, 1.807) is 11.0 Å². The quantitative estimate of drug-likeness (QED) is 0.517. The van der Waals surface area contributed by atoms with Crippen LogP contribution in [0.1, 0.15) is 5.56 Å². The van der Waals surface area contributed by atoms with Crippen molar-refractivity contribution < 1.29 is 19.5 Å². The second-order valence-electron chi connectivity index (χ2n) is 6.38. The van der Waals surface area contributed by atoms with Crippen LogP contribution in [0.4, 0.5) is 4.79 Å². The van der Waals surface area contributed by atoms with Crippen molar-refractivity contribution in [3.05, 3.63) is 40.0 Å². The van der Waals surface area contributed by atoms with Crippen molar-refractivity contribution in [2.75, 3.05) is 45.9 Å². The smallest absolute Gasteiger partial charge is 0.329 e. The fourth-order valence-corrected chi connectivity index (χ4v) is 3.49. The van der Waals surface area contributed by atoms with Gasteiger partial charge in [-0.2, -0.15) is 0 Å². The Morgan fingerprint density at radius 1 is 1.22 bits per heavy atom. The van der Waals surface area contributed by atoms with Gasteiger partial charge < -0.3 is 15.3 Å². The molecule has 27 heavy (non-hydrogen) atoms. The summed E-state index contributed by atoms with van der Waals surface area (Å²) in [6, 6.07) is 6.74. The highest BCUT2D eigenvalue weighted by molar-refractivity contribution is 9.10. The molecule has 0 aromatic heterocycles. The lowest BCUT2D eigenvalue weighted by molar-refractivity contribution is -0.137. The standard InChI is InChI=1S/C18H21BrN4O4/c19-14-3-1-2-13(10-14)11-15-17(26)23(18(27)20-15)12-16(25)22-6-4-21(5-7-22)8-9-24/h1-3,10-11,24H,4-9,12H2,(H,20,27)/b15-11-. The van der Waals surface area contributed by atoms with Crippen LogP contribution in [0.5, 0.6) is 0 Å².